The van der Waals surface area contributed by atoms with Gasteiger partial charge in [-0.2, -0.15) is 0 Å². The van der Waals surface area contributed by atoms with E-state index in [1.54, 1.807) is 0 Å². The minimum atomic E-state index is 0.195. The monoisotopic (exact) mass is 326 g/mol. The van der Waals surface area contributed by atoms with Gasteiger partial charge in [0.2, 0.25) is 0 Å². The summed E-state index contributed by atoms with van der Waals surface area (Å²) in [4.78, 5) is 14.9. The second kappa shape index (κ2) is 6.91. The molecule has 2 heterocycles. The zero-order valence-electron chi connectivity index (χ0n) is 15.1. The molecule has 1 aromatic carbocycles. The van der Waals surface area contributed by atoms with Crippen molar-refractivity contribution in [1.82, 2.24) is 9.47 Å². The van der Waals surface area contributed by atoms with Crippen LogP contribution in [-0.4, -0.2) is 48.1 Å². The predicted octanol–water partition coefficient (Wildman–Crippen LogP) is 3.23. The highest BCUT2D eigenvalue weighted by molar-refractivity contribution is 5.99. The maximum absolute atomic E-state index is 12.8. The van der Waals surface area contributed by atoms with Crippen LogP contribution in [0.3, 0.4) is 0 Å². The molecular weight excluding hydrogens is 300 g/mol. The number of aryl methyl sites for hydroxylation is 3. The molecule has 24 heavy (non-hydrogen) atoms. The lowest BCUT2D eigenvalue weighted by molar-refractivity contribution is 0.0371. The van der Waals surface area contributed by atoms with Crippen LogP contribution in [0.5, 0.6) is 0 Å². The van der Waals surface area contributed by atoms with Gasteiger partial charge in [0.05, 0.1) is 19.8 Å². The number of aromatic nitrogens is 1. The van der Waals surface area contributed by atoms with Gasteiger partial charge in [-0.05, 0) is 57.0 Å². The molecule has 0 aliphatic carbocycles. The molecule has 0 amide bonds. The van der Waals surface area contributed by atoms with Gasteiger partial charge in [0.15, 0.2) is 5.78 Å². The molecule has 2 aromatic rings. The minimum absolute atomic E-state index is 0.195. The van der Waals surface area contributed by atoms with Gasteiger partial charge in [-0.25, -0.2) is 0 Å². The van der Waals surface area contributed by atoms with Gasteiger partial charge < -0.3 is 9.30 Å². The van der Waals surface area contributed by atoms with Crippen molar-refractivity contribution in [1.29, 1.82) is 0 Å². The molecule has 0 bridgehead atoms. The summed E-state index contributed by atoms with van der Waals surface area (Å²) in [6, 6.07) is 8.53. The Kier molecular flexibility index (Phi) is 4.88. The third kappa shape index (κ3) is 3.45. The van der Waals surface area contributed by atoms with Crippen molar-refractivity contribution in [2.24, 2.45) is 0 Å². The molecule has 0 spiro atoms. The fraction of sp³-hybridized carbons (Fsp3) is 0.450. The number of nitrogens with zero attached hydrogens (tertiary/aromatic N) is 2. The standard InChI is InChI=1S/C20H26N2O2/c1-14-9-15(2)11-18(10-14)22-16(3)12-19(17(22)4)20(23)13-21-5-7-24-8-6-21/h9-12H,5-8,13H2,1-4H3. The Morgan fingerprint density at radius 1 is 1.00 bits per heavy atom. The van der Waals surface area contributed by atoms with Crippen molar-refractivity contribution in [3.63, 3.8) is 0 Å². The van der Waals surface area contributed by atoms with Gasteiger partial charge in [-0.1, -0.05) is 6.07 Å². The molecule has 3 rings (SSSR count). The Hall–Kier alpha value is -1.91. The van der Waals surface area contributed by atoms with Crippen LogP contribution in [0.4, 0.5) is 0 Å². The topological polar surface area (TPSA) is 34.5 Å². The summed E-state index contributed by atoms with van der Waals surface area (Å²) in [6.45, 7) is 11.9. The summed E-state index contributed by atoms with van der Waals surface area (Å²) in [7, 11) is 0. The van der Waals surface area contributed by atoms with E-state index in [9.17, 15) is 4.79 Å². The first kappa shape index (κ1) is 16.9. The number of rotatable bonds is 4. The molecule has 1 fully saturated rings. The van der Waals surface area contributed by atoms with Crippen LogP contribution >= 0.6 is 0 Å². The summed E-state index contributed by atoms with van der Waals surface area (Å²) >= 11 is 0. The molecule has 0 saturated carbocycles. The third-order valence-corrected chi connectivity index (χ3v) is 4.67. The molecule has 1 aliphatic heterocycles. The predicted molar refractivity (Wildman–Crippen MR) is 96.3 cm³/mol. The Bertz CT molecular complexity index is 735. The van der Waals surface area contributed by atoms with Crippen LogP contribution in [0, 0.1) is 27.7 Å². The van der Waals surface area contributed by atoms with Gasteiger partial charge in [0, 0.05) is 35.7 Å². The summed E-state index contributed by atoms with van der Waals surface area (Å²) in [5.41, 5.74) is 6.56. The van der Waals surface area contributed by atoms with E-state index >= 15 is 0 Å². The van der Waals surface area contributed by atoms with E-state index in [2.05, 4.69) is 48.4 Å². The number of morpholine rings is 1. The third-order valence-electron chi connectivity index (χ3n) is 4.67. The highest BCUT2D eigenvalue weighted by Crippen LogP contribution is 2.23. The van der Waals surface area contributed by atoms with E-state index in [0.717, 1.165) is 48.9 Å². The number of Topliss-reactive ketones (excluding diaryl/α,β-unsaturated/α-hetero) is 1. The van der Waals surface area contributed by atoms with Gasteiger partial charge >= 0.3 is 0 Å². The molecule has 0 N–H and O–H groups in total. The highest BCUT2D eigenvalue weighted by Gasteiger charge is 2.20. The number of ether oxygens (including phenoxy) is 1. The molecule has 0 unspecified atom stereocenters. The summed E-state index contributed by atoms with van der Waals surface area (Å²) in [6.07, 6.45) is 0. The SMILES string of the molecule is Cc1cc(C)cc(-n2c(C)cc(C(=O)CN3CCOCC3)c2C)c1. The maximum atomic E-state index is 12.8. The second-order valence-corrected chi connectivity index (χ2v) is 6.78. The first-order chi connectivity index (χ1) is 11.5. The van der Waals surface area contributed by atoms with Gasteiger partial charge in [0.1, 0.15) is 0 Å². The van der Waals surface area contributed by atoms with Crippen LogP contribution in [0.2, 0.25) is 0 Å². The van der Waals surface area contributed by atoms with Crippen molar-refractivity contribution in [2.45, 2.75) is 27.7 Å². The van der Waals surface area contributed by atoms with Crippen molar-refractivity contribution in [3.8, 4) is 5.69 Å². The Morgan fingerprint density at radius 3 is 2.25 bits per heavy atom. The number of hydrogen-bond donors (Lipinski definition) is 0. The van der Waals surface area contributed by atoms with Crippen LogP contribution in [-0.2, 0) is 4.74 Å². The summed E-state index contributed by atoms with van der Waals surface area (Å²) in [5, 5.41) is 0. The average Bonchev–Trinajstić information content (AvgIpc) is 2.82. The van der Waals surface area contributed by atoms with Crippen molar-refractivity contribution >= 4 is 5.78 Å². The van der Waals surface area contributed by atoms with E-state index in [1.165, 1.54) is 11.1 Å². The van der Waals surface area contributed by atoms with Crippen molar-refractivity contribution in [2.75, 3.05) is 32.8 Å². The molecule has 4 heteroatoms. The van der Waals surface area contributed by atoms with Crippen molar-refractivity contribution < 1.29 is 9.53 Å². The molecule has 4 nitrogen and oxygen atoms in total. The number of hydrogen-bond acceptors (Lipinski definition) is 3. The summed E-state index contributed by atoms with van der Waals surface area (Å²) < 4.78 is 7.54. The highest BCUT2D eigenvalue weighted by atomic mass is 16.5. The fourth-order valence-electron chi connectivity index (χ4n) is 3.57. The van der Waals surface area contributed by atoms with Gasteiger partial charge in [-0.3, -0.25) is 9.69 Å². The molecule has 0 atom stereocenters. The number of ketones is 1. The zero-order chi connectivity index (χ0) is 17.3. The van der Waals surface area contributed by atoms with Gasteiger partial charge in [0.25, 0.3) is 0 Å². The first-order valence-electron chi connectivity index (χ1n) is 8.56. The van der Waals surface area contributed by atoms with E-state index in [-0.39, 0.29) is 5.78 Å². The van der Waals surface area contributed by atoms with E-state index < -0.39 is 0 Å². The Morgan fingerprint density at radius 2 is 1.62 bits per heavy atom. The van der Waals surface area contributed by atoms with E-state index in [1.807, 2.05) is 13.0 Å². The smallest absolute Gasteiger partial charge is 0.178 e. The lowest BCUT2D eigenvalue weighted by atomic mass is 10.1. The van der Waals surface area contributed by atoms with Crippen LogP contribution < -0.4 is 0 Å². The molecule has 128 valence electrons. The zero-order valence-corrected chi connectivity index (χ0v) is 15.1. The molecule has 1 aromatic heterocycles. The first-order valence-corrected chi connectivity index (χ1v) is 8.56. The van der Waals surface area contributed by atoms with Gasteiger partial charge in [-0.15, -0.1) is 0 Å². The van der Waals surface area contributed by atoms with Crippen LogP contribution in [0.15, 0.2) is 24.3 Å². The molecule has 1 saturated heterocycles. The molecular formula is C20H26N2O2. The second-order valence-electron chi connectivity index (χ2n) is 6.78. The van der Waals surface area contributed by atoms with E-state index in [4.69, 9.17) is 4.74 Å². The quantitative estimate of drug-likeness (QED) is 0.809. The van der Waals surface area contributed by atoms with Crippen LogP contribution in [0.1, 0.15) is 32.9 Å². The average molecular weight is 326 g/mol. The molecule has 1 aliphatic rings. The Balaban J connectivity index is 1.89. The summed E-state index contributed by atoms with van der Waals surface area (Å²) in [5.74, 6) is 0.195. The fourth-order valence-corrected chi connectivity index (χ4v) is 3.57. The number of carbonyl (C=O) groups is 1. The van der Waals surface area contributed by atoms with Crippen LogP contribution in [0.25, 0.3) is 5.69 Å². The molecule has 0 radical (unpaired) electrons. The largest absolute Gasteiger partial charge is 0.379 e. The lowest BCUT2D eigenvalue weighted by Crippen LogP contribution is -2.39. The number of carbonyl (C=O) groups excluding carboxylic acids is 1. The minimum Gasteiger partial charge on any atom is -0.379 e. The maximum Gasteiger partial charge on any atom is 0.178 e. The lowest BCUT2D eigenvalue weighted by Gasteiger charge is -2.25. The Labute approximate surface area is 144 Å². The van der Waals surface area contributed by atoms with E-state index in [0.29, 0.717) is 6.54 Å². The van der Waals surface area contributed by atoms with Crippen molar-refractivity contribution in [3.05, 3.63) is 52.3 Å². The normalized spacial score (nSPS) is 15.7. The number of benzene rings is 1.